The molecule has 0 aliphatic rings. The third kappa shape index (κ3) is 7.77. The van der Waals surface area contributed by atoms with Gasteiger partial charge in [0.05, 0.1) is 6.61 Å². The monoisotopic (exact) mass is 200 g/mol. The Kier molecular flexibility index (Phi) is 6.17. The minimum atomic E-state index is -0.409. The van der Waals surface area contributed by atoms with Gasteiger partial charge < -0.3 is 4.74 Å². The van der Waals surface area contributed by atoms with Gasteiger partial charge in [0.2, 0.25) is 0 Å². The molecule has 0 spiro atoms. The van der Waals surface area contributed by atoms with Crippen molar-refractivity contribution in [3.63, 3.8) is 0 Å². The lowest BCUT2D eigenvalue weighted by molar-refractivity contribution is -0.146. The third-order valence-corrected chi connectivity index (χ3v) is 1.80. The van der Waals surface area contributed by atoms with Gasteiger partial charge in [-0.2, -0.15) is 0 Å². The predicted molar refractivity (Wildman–Crippen MR) is 54.9 cm³/mol. The van der Waals surface area contributed by atoms with Gasteiger partial charge in [-0.05, 0) is 25.2 Å². The molecule has 0 saturated heterocycles. The van der Waals surface area contributed by atoms with Gasteiger partial charge in [0.1, 0.15) is 12.2 Å². The van der Waals surface area contributed by atoms with Crippen molar-refractivity contribution < 1.29 is 14.3 Å². The number of Topliss-reactive ketones (excluding diaryl/α,β-unsaturated/α-hetero) is 1. The maximum absolute atomic E-state index is 11.0. The molecule has 82 valence electrons. The fourth-order valence-corrected chi connectivity index (χ4v) is 1.36. The number of ketones is 1. The Labute approximate surface area is 85.8 Å². The van der Waals surface area contributed by atoms with E-state index in [1.165, 1.54) is 6.92 Å². The lowest BCUT2D eigenvalue weighted by Gasteiger charge is -2.13. The summed E-state index contributed by atoms with van der Waals surface area (Å²) in [5.41, 5.74) is 0. The number of hydrogen-bond acceptors (Lipinski definition) is 3. The molecule has 0 aliphatic heterocycles. The first-order valence-corrected chi connectivity index (χ1v) is 5.06. The van der Waals surface area contributed by atoms with Crippen LogP contribution in [-0.2, 0) is 14.3 Å². The topological polar surface area (TPSA) is 43.4 Å². The average Bonchev–Trinajstić information content (AvgIpc) is 1.98. The second kappa shape index (κ2) is 6.57. The maximum atomic E-state index is 11.0. The average molecular weight is 200 g/mol. The molecule has 0 aromatic heterocycles. The summed E-state index contributed by atoms with van der Waals surface area (Å²) in [6.07, 6.45) is 0.932. The molecule has 0 rings (SSSR count). The third-order valence-electron chi connectivity index (χ3n) is 1.80. The van der Waals surface area contributed by atoms with E-state index in [1.807, 2.05) is 6.92 Å². The molecule has 0 N–H and O–H groups in total. The van der Waals surface area contributed by atoms with Crippen molar-refractivity contribution in [2.75, 3.05) is 6.61 Å². The van der Waals surface area contributed by atoms with Crippen LogP contribution >= 0.6 is 0 Å². The highest BCUT2D eigenvalue weighted by molar-refractivity contribution is 5.94. The standard InChI is InChI=1S/C11H20O3/c1-8(2)5-9(3)7-14-11(13)6-10(4)12/h8-9H,5-7H2,1-4H3. The van der Waals surface area contributed by atoms with Gasteiger partial charge >= 0.3 is 5.97 Å². The smallest absolute Gasteiger partial charge is 0.313 e. The molecule has 0 radical (unpaired) electrons. The largest absolute Gasteiger partial charge is 0.465 e. The number of carbonyl (C=O) groups is 2. The Balaban J connectivity index is 3.61. The van der Waals surface area contributed by atoms with Crippen molar-refractivity contribution in [3.05, 3.63) is 0 Å². The fourth-order valence-electron chi connectivity index (χ4n) is 1.36. The molecule has 0 bridgehead atoms. The lowest BCUT2D eigenvalue weighted by Crippen LogP contribution is -2.15. The molecule has 0 aromatic carbocycles. The number of ether oxygens (including phenoxy) is 1. The van der Waals surface area contributed by atoms with E-state index < -0.39 is 5.97 Å². The van der Waals surface area contributed by atoms with Crippen LogP contribution in [0.3, 0.4) is 0 Å². The summed E-state index contributed by atoms with van der Waals surface area (Å²) in [7, 11) is 0. The molecule has 0 fully saturated rings. The lowest BCUT2D eigenvalue weighted by atomic mass is 10.00. The first-order chi connectivity index (χ1) is 6.41. The van der Waals surface area contributed by atoms with E-state index in [2.05, 4.69) is 13.8 Å². The summed E-state index contributed by atoms with van der Waals surface area (Å²) in [5, 5.41) is 0. The van der Waals surface area contributed by atoms with Crippen molar-refractivity contribution in [3.8, 4) is 0 Å². The molecule has 0 aliphatic carbocycles. The Morgan fingerprint density at radius 3 is 2.21 bits per heavy atom. The summed E-state index contributed by atoms with van der Waals surface area (Å²) in [6.45, 7) is 8.12. The van der Waals surface area contributed by atoms with Crippen molar-refractivity contribution in [2.45, 2.75) is 40.5 Å². The molecule has 1 atom stereocenters. The highest BCUT2D eigenvalue weighted by Crippen LogP contribution is 2.11. The van der Waals surface area contributed by atoms with Gasteiger partial charge in [0.25, 0.3) is 0 Å². The molecule has 3 heteroatoms. The summed E-state index contributed by atoms with van der Waals surface area (Å²) < 4.78 is 4.96. The molecule has 0 amide bonds. The molecule has 14 heavy (non-hydrogen) atoms. The highest BCUT2D eigenvalue weighted by Gasteiger charge is 2.10. The minimum Gasteiger partial charge on any atom is -0.465 e. The molecule has 3 nitrogen and oxygen atoms in total. The number of hydrogen-bond donors (Lipinski definition) is 0. The van der Waals surface area contributed by atoms with Crippen LogP contribution in [0.4, 0.5) is 0 Å². The zero-order valence-electron chi connectivity index (χ0n) is 9.50. The summed E-state index contributed by atoms with van der Waals surface area (Å²) in [5.74, 6) is 0.419. The molecule has 0 saturated carbocycles. The second-order valence-electron chi connectivity index (χ2n) is 4.30. The molecular formula is C11H20O3. The first kappa shape index (κ1) is 13.1. The van der Waals surface area contributed by atoms with E-state index in [1.54, 1.807) is 0 Å². The van der Waals surface area contributed by atoms with E-state index in [-0.39, 0.29) is 12.2 Å². The predicted octanol–water partition coefficient (Wildman–Crippen LogP) is 2.19. The SMILES string of the molecule is CC(=O)CC(=O)OCC(C)CC(C)C. The maximum Gasteiger partial charge on any atom is 0.313 e. The molecule has 0 aromatic rings. The van der Waals surface area contributed by atoms with Crippen LogP contribution in [0, 0.1) is 11.8 Å². The quantitative estimate of drug-likeness (QED) is 0.487. The zero-order valence-corrected chi connectivity index (χ0v) is 9.50. The minimum absolute atomic E-state index is 0.103. The zero-order chi connectivity index (χ0) is 11.1. The van der Waals surface area contributed by atoms with Gasteiger partial charge in [-0.3, -0.25) is 9.59 Å². The van der Waals surface area contributed by atoms with Gasteiger partial charge in [0.15, 0.2) is 0 Å². The van der Waals surface area contributed by atoms with Crippen LogP contribution in [-0.4, -0.2) is 18.4 Å². The van der Waals surface area contributed by atoms with E-state index in [9.17, 15) is 9.59 Å². The Bertz CT molecular complexity index is 197. The van der Waals surface area contributed by atoms with Crippen molar-refractivity contribution >= 4 is 11.8 Å². The van der Waals surface area contributed by atoms with Crippen molar-refractivity contribution in [1.82, 2.24) is 0 Å². The summed E-state index contributed by atoms with van der Waals surface area (Å²) >= 11 is 0. The number of carbonyl (C=O) groups excluding carboxylic acids is 2. The Hall–Kier alpha value is -0.860. The van der Waals surface area contributed by atoms with E-state index in [4.69, 9.17) is 4.74 Å². The first-order valence-electron chi connectivity index (χ1n) is 5.06. The van der Waals surface area contributed by atoms with Gasteiger partial charge in [0, 0.05) is 0 Å². The second-order valence-corrected chi connectivity index (χ2v) is 4.30. The Morgan fingerprint density at radius 2 is 1.79 bits per heavy atom. The molecular weight excluding hydrogens is 180 g/mol. The van der Waals surface area contributed by atoms with Crippen LogP contribution in [0.25, 0.3) is 0 Å². The van der Waals surface area contributed by atoms with E-state index in [0.717, 1.165) is 6.42 Å². The van der Waals surface area contributed by atoms with Crippen LogP contribution < -0.4 is 0 Å². The van der Waals surface area contributed by atoms with E-state index in [0.29, 0.717) is 18.4 Å². The number of rotatable bonds is 6. The van der Waals surface area contributed by atoms with Gasteiger partial charge in [-0.15, -0.1) is 0 Å². The molecule has 1 unspecified atom stereocenters. The summed E-state index contributed by atoms with van der Waals surface area (Å²) in [6, 6.07) is 0. The van der Waals surface area contributed by atoms with Gasteiger partial charge in [-0.25, -0.2) is 0 Å². The summed E-state index contributed by atoms with van der Waals surface area (Å²) in [4.78, 5) is 21.6. The highest BCUT2D eigenvalue weighted by atomic mass is 16.5. The normalized spacial score (nSPS) is 12.6. The van der Waals surface area contributed by atoms with Crippen LogP contribution in [0.2, 0.25) is 0 Å². The Morgan fingerprint density at radius 1 is 1.21 bits per heavy atom. The van der Waals surface area contributed by atoms with Crippen LogP contribution in [0.5, 0.6) is 0 Å². The van der Waals surface area contributed by atoms with Crippen molar-refractivity contribution in [1.29, 1.82) is 0 Å². The van der Waals surface area contributed by atoms with Crippen LogP contribution in [0.1, 0.15) is 40.5 Å². The van der Waals surface area contributed by atoms with Crippen LogP contribution in [0.15, 0.2) is 0 Å². The number of esters is 1. The fraction of sp³-hybridized carbons (Fsp3) is 0.818. The molecule has 0 heterocycles. The van der Waals surface area contributed by atoms with Crippen molar-refractivity contribution in [2.24, 2.45) is 11.8 Å². The van der Waals surface area contributed by atoms with E-state index >= 15 is 0 Å². The van der Waals surface area contributed by atoms with Gasteiger partial charge in [-0.1, -0.05) is 20.8 Å².